The number of benzene rings is 1. The molecule has 0 spiro atoms. The highest BCUT2D eigenvalue weighted by Gasteiger charge is 2.21. The normalized spacial score (nSPS) is 14.3. The van der Waals surface area contributed by atoms with Crippen LogP contribution in [0.4, 0.5) is 5.69 Å². The van der Waals surface area contributed by atoms with Gasteiger partial charge in [0, 0.05) is 19.5 Å². The molecule has 1 heterocycles. The molecule has 1 aliphatic heterocycles. The number of carbonyl (C=O) groups is 1. The number of rotatable bonds is 5. The Morgan fingerprint density at radius 2 is 2.33 bits per heavy atom. The van der Waals surface area contributed by atoms with E-state index in [4.69, 9.17) is 16.3 Å². The second kappa shape index (κ2) is 6.07. The number of carbonyl (C=O) groups excluding carboxylic acids is 1. The SMILES string of the molecule is CN1C(=O)COc2ccc(CNCCCCl)cc21. The fourth-order valence-corrected chi connectivity index (χ4v) is 1.99. The number of likely N-dealkylation sites (N-methyl/N-ethyl adjacent to an activating group) is 1. The van der Waals surface area contributed by atoms with Crippen molar-refractivity contribution in [3.8, 4) is 5.75 Å². The topological polar surface area (TPSA) is 41.6 Å². The minimum absolute atomic E-state index is 0.0188. The number of halogens is 1. The molecule has 1 N–H and O–H groups in total. The van der Waals surface area contributed by atoms with Crippen LogP contribution >= 0.6 is 11.6 Å². The molecule has 4 nitrogen and oxygen atoms in total. The monoisotopic (exact) mass is 268 g/mol. The maximum atomic E-state index is 11.5. The number of alkyl halides is 1. The highest BCUT2D eigenvalue weighted by atomic mass is 35.5. The molecule has 0 saturated carbocycles. The lowest BCUT2D eigenvalue weighted by molar-refractivity contribution is -0.120. The van der Waals surface area contributed by atoms with Crippen molar-refractivity contribution in [3.05, 3.63) is 23.8 Å². The standard InChI is InChI=1S/C13H17ClN2O2/c1-16-11-7-10(8-15-6-2-5-14)3-4-12(11)18-9-13(16)17/h3-4,7,15H,2,5-6,8-9H2,1H3. The lowest BCUT2D eigenvalue weighted by atomic mass is 10.1. The molecule has 0 aromatic heterocycles. The largest absolute Gasteiger partial charge is 0.482 e. The Hall–Kier alpha value is -1.26. The second-order valence-corrected chi connectivity index (χ2v) is 4.64. The Morgan fingerprint density at radius 3 is 3.11 bits per heavy atom. The lowest BCUT2D eigenvalue weighted by Gasteiger charge is -2.26. The molecule has 0 aliphatic carbocycles. The molecule has 0 unspecified atom stereocenters. The second-order valence-electron chi connectivity index (χ2n) is 4.26. The number of ether oxygens (including phenoxy) is 1. The van der Waals surface area contributed by atoms with Crippen molar-refractivity contribution in [3.63, 3.8) is 0 Å². The summed E-state index contributed by atoms with van der Waals surface area (Å²) in [6, 6.07) is 5.91. The van der Waals surface area contributed by atoms with Gasteiger partial charge < -0.3 is 15.0 Å². The minimum Gasteiger partial charge on any atom is -0.482 e. The highest BCUT2D eigenvalue weighted by Crippen LogP contribution is 2.31. The fraction of sp³-hybridized carbons (Fsp3) is 0.462. The van der Waals surface area contributed by atoms with Crippen molar-refractivity contribution in [1.82, 2.24) is 5.32 Å². The van der Waals surface area contributed by atoms with Crippen molar-refractivity contribution in [1.29, 1.82) is 0 Å². The summed E-state index contributed by atoms with van der Waals surface area (Å²) < 4.78 is 5.38. The van der Waals surface area contributed by atoms with Crippen LogP contribution in [0, 0.1) is 0 Å². The lowest BCUT2D eigenvalue weighted by Crippen LogP contribution is -2.35. The average molecular weight is 269 g/mol. The van der Waals surface area contributed by atoms with Gasteiger partial charge in [-0.25, -0.2) is 0 Å². The predicted molar refractivity (Wildman–Crippen MR) is 72.4 cm³/mol. The summed E-state index contributed by atoms with van der Waals surface area (Å²) in [6.07, 6.45) is 0.952. The fourth-order valence-electron chi connectivity index (χ4n) is 1.85. The van der Waals surface area contributed by atoms with Crippen molar-refractivity contribution >= 4 is 23.2 Å². The van der Waals surface area contributed by atoms with E-state index >= 15 is 0 Å². The highest BCUT2D eigenvalue weighted by molar-refractivity contribution is 6.17. The zero-order chi connectivity index (χ0) is 13.0. The van der Waals surface area contributed by atoms with Gasteiger partial charge in [0.15, 0.2) is 6.61 Å². The summed E-state index contributed by atoms with van der Waals surface area (Å²) in [7, 11) is 1.77. The van der Waals surface area contributed by atoms with Gasteiger partial charge in [0.05, 0.1) is 5.69 Å². The maximum Gasteiger partial charge on any atom is 0.264 e. The van der Waals surface area contributed by atoms with Crippen LogP contribution in [0.2, 0.25) is 0 Å². The molecule has 0 bridgehead atoms. The van der Waals surface area contributed by atoms with Gasteiger partial charge >= 0.3 is 0 Å². The van der Waals surface area contributed by atoms with E-state index in [1.807, 2.05) is 18.2 Å². The van der Waals surface area contributed by atoms with E-state index in [-0.39, 0.29) is 12.5 Å². The van der Waals surface area contributed by atoms with Gasteiger partial charge in [-0.1, -0.05) is 6.07 Å². The third kappa shape index (κ3) is 2.94. The molecule has 18 heavy (non-hydrogen) atoms. The Labute approximate surface area is 112 Å². The molecule has 1 amide bonds. The van der Waals surface area contributed by atoms with Crippen LogP contribution in [0.25, 0.3) is 0 Å². The molecule has 0 saturated heterocycles. The van der Waals surface area contributed by atoms with Crippen LogP contribution < -0.4 is 15.0 Å². The van der Waals surface area contributed by atoms with E-state index in [0.717, 1.165) is 36.5 Å². The van der Waals surface area contributed by atoms with Crippen LogP contribution in [0.5, 0.6) is 5.75 Å². The predicted octanol–water partition coefficient (Wildman–Crippen LogP) is 1.76. The van der Waals surface area contributed by atoms with E-state index in [1.165, 1.54) is 0 Å². The maximum absolute atomic E-state index is 11.5. The van der Waals surface area contributed by atoms with E-state index in [2.05, 4.69) is 5.32 Å². The molecule has 1 aromatic rings. The van der Waals surface area contributed by atoms with Gasteiger partial charge in [0.2, 0.25) is 0 Å². The minimum atomic E-state index is -0.0188. The van der Waals surface area contributed by atoms with Gasteiger partial charge in [0.1, 0.15) is 5.75 Å². The molecule has 1 aliphatic rings. The average Bonchev–Trinajstić information content (AvgIpc) is 2.39. The molecule has 5 heteroatoms. The van der Waals surface area contributed by atoms with Crippen LogP contribution in [0.15, 0.2) is 18.2 Å². The molecular weight excluding hydrogens is 252 g/mol. The molecule has 98 valence electrons. The van der Waals surface area contributed by atoms with Crippen molar-refractivity contribution in [2.75, 3.05) is 31.0 Å². The third-order valence-corrected chi connectivity index (χ3v) is 3.19. The van der Waals surface area contributed by atoms with Crippen LogP contribution in [-0.4, -0.2) is 32.0 Å². The molecule has 0 fully saturated rings. The molecule has 0 radical (unpaired) electrons. The summed E-state index contributed by atoms with van der Waals surface area (Å²) >= 11 is 5.61. The van der Waals surface area contributed by atoms with Crippen LogP contribution in [0.1, 0.15) is 12.0 Å². The van der Waals surface area contributed by atoms with Gasteiger partial charge in [-0.15, -0.1) is 11.6 Å². The number of amides is 1. The number of anilines is 1. The molecule has 2 rings (SSSR count). The van der Waals surface area contributed by atoms with Gasteiger partial charge in [0.25, 0.3) is 5.91 Å². The number of nitrogens with one attached hydrogen (secondary N) is 1. The summed E-state index contributed by atoms with van der Waals surface area (Å²) in [4.78, 5) is 13.2. The number of nitrogens with zero attached hydrogens (tertiary/aromatic N) is 1. The summed E-state index contributed by atoms with van der Waals surface area (Å²) in [5.41, 5.74) is 1.97. The quantitative estimate of drug-likeness (QED) is 0.654. The summed E-state index contributed by atoms with van der Waals surface area (Å²) in [6.45, 7) is 1.79. The molecule has 1 aromatic carbocycles. The zero-order valence-electron chi connectivity index (χ0n) is 10.4. The molecular formula is C13H17ClN2O2. The Kier molecular flexibility index (Phi) is 4.44. The first kappa shape index (κ1) is 13.2. The van der Waals surface area contributed by atoms with Crippen molar-refractivity contribution < 1.29 is 9.53 Å². The van der Waals surface area contributed by atoms with E-state index in [0.29, 0.717) is 5.88 Å². The van der Waals surface area contributed by atoms with Crippen molar-refractivity contribution in [2.45, 2.75) is 13.0 Å². The van der Waals surface area contributed by atoms with Gasteiger partial charge in [-0.2, -0.15) is 0 Å². The van der Waals surface area contributed by atoms with Crippen LogP contribution in [-0.2, 0) is 11.3 Å². The number of hydrogen-bond donors (Lipinski definition) is 1. The summed E-state index contributed by atoms with van der Waals surface area (Å²) in [5.74, 6) is 1.42. The van der Waals surface area contributed by atoms with E-state index in [9.17, 15) is 4.79 Å². The van der Waals surface area contributed by atoms with E-state index in [1.54, 1.807) is 11.9 Å². The Bertz CT molecular complexity index is 437. The van der Waals surface area contributed by atoms with E-state index < -0.39 is 0 Å². The van der Waals surface area contributed by atoms with Crippen LogP contribution in [0.3, 0.4) is 0 Å². The third-order valence-electron chi connectivity index (χ3n) is 2.93. The first-order chi connectivity index (χ1) is 8.72. The number of hydrogen-bond acceptors (Lipinski definition) is 3. The zero-order valence-corrected chi connectivity index (χ0v) is 11.2. The van der Waals surface area contributed by atoms with Crippen molar-refractivity contribution in [2.24, 2.45) is 0 Å². The first-order valence-electron chi connectivity index (χ1n) is 6.01. The smallest absolute Gasteiger partial charge is 0.264 e. The van der Waals surface area contributed by atoms with Gasteiger partial charge in [-0.3, -0.25) is 4.79 Å². The Morgan fingerprint density at radius 1 is 1.50 bits per heavy atom. The Balaban J connectivity index is 2.04. The van der Waals surface area contributed by atoms with Gasteiger partial charge in [-0.05, 0) is 30.7 Å². The summed E-state index contributed by atoms with van der Waals surface area (Å²) in [5, 5.41) is 3.31. The first-order valence-corrected chi connectivity index (χ1v) is 6.55. The molecule has 0 atom stereocenters. The number of fused-ring (bicyclic) bond motifs is 1.